The lowest BCUT2D eigenvalue weighted by Crippen LogP contribution is -2.45. The van der Waals surface area contributed by atoms with Crippen LogP contribution in [0.1, 0.15) is 25.3 Å². The third-order valence-corrected chi connectivity index (χ3v) is 3.95. The molecule has 0 aromatic heterocycles. The van der Waals surface area contributed by atoms with Gasteiger partial charge in [0.15, 0.2) is 0 Å². The lowest BCUT2D eigenvalue weighted by Gasteiger charge is -2.35. The van der Waals surface area contributed by atoms with Gasteiger partial charge in [-0.05, 0) is 51.1 Å². The van der Waals surface area contributed by atoms with E-state index in [2.05, 4.69) is 28.9 Å². The van der Waals surface area contributed by atoms with Crippen molar-refractivity contribution in [2.24, 2.45) is 0 Å². The third kappa shape index (κ3) is 4.42. The molecule has 1 aliphatic heterocycles. The van der Waals surface area contributed by atoms with Crippen molar-refractivity contribution in [3.8, 4) is 5.75 Å². The zero-order chi connectivity index (χ0) is 14.5. The van der Waals surface area contributed by atoms with Crippen LogP contribution in [0.5, 0.6) is 5.75 Å². The molecular formula is C15H22F2N2O. The largest absolute Gasteiger partial charge is 0.435 e. The van der Waals surface area contributed by atoms with E-state index in [0.29, 0.717) is 12.1 Å². The highest BCUT2D eigenvalue weighted by Gasteiger charge is 2.21. The number of benzene rings is 1. The summed E-state index contributed by atoms with van der Waals surface area (Å²) in [4.78, 5) is 2.37. The highest BCUT2D eigenvalue weighted by molar-refractivity contribution is 5.27. The molecule has 0 spiro atoms. The first-order chi connectivity index (χ1) is 9.54. The van der Waals surface area contributed by atoms with E-state index >= 15 is 0 Å². The van der Waals surface area contributed by atoms with Gasteiger partial charge in [-0.15, -0.1) is 0 Å². The maximum atomic E-state index is 12.0. The van der Waals surface area contributed by atoms with Gasteiger partial charge in [0.1, 0.15) is 5.75 Å². The van der Waals surface area contributed by atoms with E-state index < -0.39 is 6.61 Å². The van der Waals surface area contributed by atoms with Crippen molar-refractivity contribution in [3.05, 3.63) is 29.8 Å². The summed E-state index contributed by atoms with van der Waals surface area (Å²) in [5.74, 6) is 0.205. The van der Waals surface area contributed by atoms with Gasteiger partial charge in [-0.3, -0.25) is 0 Å². The normalized spacial score (nSPS) is 24.1. The molecule has 0 amide bonds. The number of nitrogens with zero attached hydrogens (tertiary/aromatic N) is 1. The number of halogens is 2. The van der Waals surface area contributed by atoms with Crippen LogP contribution in [0.15, 0.2) is 24.3 Å². The monoisotopic (exact) mass is 284 g/mol. The second-order valence-corrected chi connectivity index (χ2v) is 5.45. The van der Waals surface area contributed by atoms with Gasteiger partial charge in [-0.2, -0.15) is 8.78 Å². The van der Waals surface area contributed by atoms with E-state index in [0.717, 1.165) is 31.5 Å². The fraction of sp³-hybridized carbons (Fsp3) is 0.600. The van der Waals surface area contributed by atoms with Crippen LogP contribution in [0, 0.1) is 0 Å². The van der Waals surface area contributed by atoms with Gasteiger partial charge >= 0.3 is 6.61 Å². The molecule has 1 heterocycles. The highest BCUT2D eigenvalue weighted by Crippen LogP contribution is 2.17. The van der Waals surface area contributed by atoms with E-state index in [9.17, 15) is 8.78 Å². The molecule has 0 radical (unpaired) electrons. The average Bonchev–Trinajstić information content (AvgIpc) is 2.41. The molecule has 1 saturated heterocycles. The van der Waals surface area contributed by atoms with Crippen LogP contribution in [0.4, 0.5) is 8.78 Å². The number of rotatable bonds is 5. The molecule has 0 aliphatic carbocycles. The molecule has 1 aromatic carbocycles. The van der Waals surface area contributed by atoms with Crippen molar-refractivity contribution in [3.63, 3.8) is 0 Å². The fourth-order valence-electron chi connectivity index (χ4n) is 2.53. The van der Waals surface area contributed by atoms with Crippen LogP contribution in [-0.2, 0) is 6.54 Å². The minimum atomic E-state index is -2.76. The smallest absolute Gasteiger partial charge is 0.387 e. The second kappa shape index (κ2) is 6.99. The van der Waals surface area contributed by atoms with E-state index in [1.165, 1.54) is 0 Å². The summed E-state index contributed by atoms with van der Waals surface area (Å²) in [6.07, 6.45) is 2.29. The lowest BCUT2D eigenvalue weighted by molar-refractivity contribution is -0.0498. The first kappa shape index (κ1) is 15.2. The second-order valence-electron chi connectivity index (χ2n) is 5.45. The molecule has 1 aliphatic rings. The van der Waals surface area contributed by atoms with Gasteiger partial charge in [-0.25, -0.2) is 0 Å². The van der Waals surface area contributed by atoms with Gasteiger partial charge in [0.2, 0.25) is 0 Å². The minimum Gasteiger partial charge on any atom is -0.435 e. The summed E-state index contributed by atoms with van der Waals surface area (Å²) >= 11 is 0. The molecule has 1 fully saturated rings. The summed E-state index contributed by atoms with van der Waals surface area (Å²) in [5.41, 5.74) is 1.08. The quantitative estimate of drug-likeness (QED) is 0.900. The molecule has 0 saturated carbocycles. The fourth-order valence-corrected chi connectivity index (χ4v) is 2.53. The average molecular weight is 284 g/mol. The number of likely N-dealkylation sites (tertiary alicyclic amines) is 1. The van der Waals surface area contributed by atoms with E-state index in [1.807, 2.05) is 12.1 Å². The summed E-state index contributed by atoms with van der Waals surface area (Å²) in [5, 5.41) is 3.53. The van der Waals surface area contributed by atoms with Crippen molar-refractivity contribution in [1.82, 2.24) is 10.2 Å². The highest BCUT2D eigenvalue weighted by atomic mass is 19.3. The zero-order valence-electron chi connectivity index (χ0n) is 12.0. The Labute approximate surface area is 118 Å². The maximum Gasteiger partial charge on any atom is 0.387 e. The molecule has 1 N–H and O–H groups in total. The topological polar surface area (TPSA) is 24.5 Å². The Morgan fingerprint density at radius 1 is 1.35 bits per heavy atom. The summed E-state index contributed by atoms with van der Waals surface area (Å²) in [7, 11) is 2.16. The molecule has 1 aromatic rings. The third-order valence-electron chi connectivity index (χ3n) is 3.95. The summed E-state index contributed by atoms with van der Waals surface area (Å²) in [6, 6.07) is 7.94. The van der Waals surface area contributed by atoms with Crippen molar-refractivity contribution in [2.75, 3.05) is 13.6 Å². The number of ether oxygens (including phenoxy) is 1. The van der Waals surface area contributed by atoms with Crippen LogP contribution < -0.4 is 10.1 Å². The van der Waals surface area contributed by atoms with Crippen molar-refractivity contribution in [2.45, 2.75) is 45.0 Å². The number of hydrogen-bond acceptors (Lipinski definition) is 3. The Hall–Kier alpha value is -1.20. The standard InChI is InChI=1S/C15H22F2N2O/c1-11-9-13(7-8-19(11)2)18-10-12-3-5-14(6-4-12)20-15(16)17/h3-6,11,13,15,18H,7-10H2,1-2H3. The molecule has 112 valence electrons. The Morgan fingerprint density at radius 2 is 2.05 bits per heavy atom. The van der Waals surface area contributed by atoms with Gasteiger partial charge in [-0.1, -0.05) is 12.1 Å². The lowest BCUT2D eigenvalue weighted by atomic mass is 9.99. The van der Waals surface area contributed by atoms with Crippen LogP contribution >= 0.6 is 0 Å². The summed E-state index contributed by atoms with van der Waals surface area (Å²) in [6.45, 7) is 1.35. The van der Waals surface area contributed by atoms with Crippen LogP contribution in [0.25, 0.3) is 0 Å². The molecule has 3 nitrogen and oxygen atoms in total. The first-order valence-electron chi connectivity index (χ1n) is 7.02. The van der Waals surface area contributed by atoms with Crippen LogP contribution in [-0.4, -0.2) is 37.2 Å². The Balaban J connectivity index is 1.79. The number of hydrogen-bond donors (Lipinski definition) is 1. The van der Waals surface area contributed by atoms with Gasteiger partial charge in [0.25, 0.3) is 0 Å². The van der Waals surface area contributed by atoms with Crippen molar-refractivity contribution < 1.29 is 13.5 Å². The SMILES string of the molecule is CC1CC(NCc2ccc(OC(F)F)cc2)CCN1C. The number of nitrogens with one attached hydrogen (secondary N) is 1. The molecule has 0 bridgehead atoms. The van der Waals surface area contributed by atoms with Crippen molar-refractivity contribution >= 4 is 0 Å². The molecule has 2 atom stereocenters. The molecule has 2 unspecified atom stereocenters. The Morgan fingerprint density at radius 3 is 2.65 bits per heavy atom. The Bertz CT molecular complexity index is 411. The molecule has 20 heavy (non-hydrogen) atoms. The molecular weight excluding hydrogens is 262 g/mol. The molecule has 5 heteroatoms. The van der Waals surface area contributed by atoms with Gasteiger partial charge < -0.3 is 15.0 Å². The van der Waals surface area contributed by atoms with Crippen LogP contribution in [0.3, 0.4) is 0 Å². The number of piperidine rings is 1. The van der Waals surface area contributed by atoms with E-state index in [-0.39, 0.29) is 5.75 Å². The zero-order valence-corrected chi connectivity index (χ0v) is 12.0. The van der Waals surface area contributed by atoms with E-state index in [1.54, 1.807) is 12.1 Å². The van der Waals surface area contributed by atoms with Crippen LogP contribution in [0.2, 0.25) is 0 Å². The maximum absolute atomic E-state index is 12.0. The predicted octanol–water partition coefficient (Wildman–Crippen LogP) is 2.86. The van der Waals surface area contributed by atoms with Gasteiger partial charge in [0, 0.05) is 18.6 Å². The van der Waals surface area contributed by atoms with Gasteiger partial charge in [0.05, 0.1) is 0 Å². The minimum absolute atomic E-state index is 0.205. The number of alkyl halides is 2. The molecule has 2 rings (SSSR count). The summed E-state index contributed by atoms with van der Waals surface area (Å²) < 4.78 is 28.4. The van der Waals surface area contributed by atoms with Crippen molar-refractivity contribution in [1.29, 1.82) is 0 Å². The predicted molar refractivity (Wildman–Crippen MR) is 75.0 cm³/mol. The van der Waals surface area contributed by atoms with E-state index in [4.69, 9.17) is 0 Å². The first-order valence-corrected chi connectivity index (χ1v) is 7.02. The Kier molecular flexibility index (Phi) is 5.31.